The summed E-state index contributed by atoms with van der Waals surface area (Å²) in [7, 11) is 0. The summed E-state index contributed by atoms with van der Waals surface area (Å²) in [5.74, 6) is -0.768. The van der Waals surface area contributed by atoms with Gasteiger partial charge in [-0.15, -0.1) is 11.8 Å². The molecule has 32 heavy (non-hydrogen) atoms. The molecule has 3 heterocycles. The summed E-state index contributed by atoms with van der Waals surface area (Å²) >= 11 is 8.71. The third-order valence-corrected chi connectivity index (χ3v) is 7.37. The van der Waals surface area contributed by atoms with Crippen LogP contribution in [-0.4, -0.2) is 35.0 Å². The van der Waals surface area contributed by atoms with Crippen molar-refractivity contribution < 1.29 is 23.1 Å². The highest BCUT2D eigenvalue weighted by Crippen LogP contribution is 2.41. The molecule has 1 fully saturated rings. The van der Waals surface area contributed by atoms with Crippen molar-refractivity contribution in [3.63, 3.8) is 0 Å². The van der Waals surface area contributed by atoms with Crippen molar-refractivity contribution in [3.05, 3.63) is 75.6 Å². The zero-order chi connectivity index (χ0) is 22.7. The quantitative estimate of drug-likeness (QED) is 0.471. The lowest BCUT2D eigenvalue weighted by molar-refractivity contribution is -0.133. The highest BCUT2D eigenvalue weighted by molar-refractivity contribution is 8.01. The third kappa shape index (κ3) is 4.65. The van der Waals surface area contributed by atoms with Gasteiger partial charge < -0.3 is 10.1 Å². The minimum absolute atomic E-state index is 0.00771. The smallest absolute Gasteiger partial charge is 0.272 e. The molecule has 2 atom stereocenters. The number of thiophene rings is 1. The molecule has 1 aliphatic rings. The molecule has 0 radical (unpaired) electrons. The molecule has 4 rings (SSSR count). The first-order valence-electron chi connectivity index (χ1n) is 9.56. The van der Waals surface area contributed by atoms with E-state index in [1.165, 1.54) is 17.4 Å². The van der Waals surface area contributed by atoms with Gasteiger partial charge in [0.15, 0.2) is 12.4 Å². The standard InChI is InChI=1S/C22H17ClF2N2O3S2/c23-14-4-1-2-5-16(14)32-20-15(28)10-22(27-21(20)29,13-8-9-31-12-13)17-6-3-7-19(26-17)30-11-18(24)25/h1-9,12,18,20H,10-11H2,(H,27,29). The van der Waals surface area contributed by atoms with Gasteiger partial charge in [-0.2, -0.15) is 11.3 Å². The van der Waals surface area contributed by atoms with Crippen molar-refractivity contribution in [3.8, 4) is 5.88 Å². The van der Waals surface area contributed by atoms with Crippen molar-refractivity contribution in [2.45, 2.75) is 28.5 Å². The SMILES string of the molecule is O=C1CC(c2ccsc2)(c2cccc(OCC(F)F)n2)NC(=O)C1Sc1ccccc1Cl. The van der Waals surface area contributed by atoms with Gasteiger partial charge in [-0.3, -0.25) is 9.59 Å². The van der Waals surface area contributed by atoms with Gasteiger partial charge in [-0.05, 0) is 40.6 Å². The number of ether oxygens (including phenoxy) is 1. The summed E-state index contributed by atoms with van der Waals surface area (Å²) < 4.78 is 30.2. The minimum Gasteiger partial charge on any atom is -0.472 e. The largest absolute Gasteiger partial charge is 0.472 e. The van der Waals surface area contributed by atoms with Crippen LogP contribution in [0.15, 0.2) is 64.2 Å². The van der Waals surface area contributed by atoms with Gasteiger partial charge in [0, 0.05) is 17.4 Å². The number of pyridine rings is 1. The molecule has 0 saturated carbocycles. The van der Waals surface area contributed by atoms with Crippen LogP contribution in [0.3, 0.4) is 0 Å². The van der Waals surface area contributed by atoms with E-state index < -0.39 is 29.7 Å². The number of thioether (sulfide) groups is 1. The Morgan fingerprint density at radius 1 is 1.22 bits per heavy atom. The van der Waals surface area contributed by atoms with E-state index in [-0.39, 0.29) is 18.1 Å². The second kappa shape index (κ2) is 9.56. The highest BCUT2D eigenvalue weighted by Gasteiger charge is 2.48. The number of carbonyl (C=O) groups excluding carboxylic acids is 2. The lowest BCUT2D eigenvalue weighted by atomic mass is 9.79. The van der Waals surface area contributed by atoms with Crippen LogP contribution in [-0.2, 0) is 15.1 Å². The summed E-state index contributed by atoms with van der Waals surface area (Å²) in [6.07, 6.45) is -2.70. The van der Waals surface area contributed by atoms with Crippen LogP contribution in [0.1, 0.15) is 17.7 Å². The molecule has 2 unspecified atom stereocenters. The zero-order valence-electron chi connectivity index (χ0n) is 16.5. The number of nitrogens with one attached hydrogen (secondary N) is 1. The second-order valence-corrected chi connectivity index (χ2v) is 9.38. The van der Waals surface area contributed by atoms with Crippen LogP contribution in [0, 0.1) is 0 Å². The Labute approximate surface area is 196 Å². The molecule has 0 aliphatic carbocycles. The van der Waals surface area contributed by atoms with E-state index in [4.69, 9.17) is 16.3 Å². The Kier molecular flexibility index (Phi) is 6.78. The average Bonchev–Trinajstić information content (AvgIpc) is 3.31. The molecule has 5 nitrogen and oxygen atoms in total. The van der Waals surface area contributed by atoms with Gasteiger partial charge in [-0.25, -0.2) is 13.8 Å². The molecular formula is C22H17ClF2N2O3S2. The number of carbonyl (C=O) groups is 2. The van der Waals surface area contributed by atoms with E-state index >= 15 is 0 Å². The molecule has 1 aromatic carbocycles. The Morgan fingerprint density at radius 3 is 2.72 bits per heavy atom. The topological polar surface area (TPSA) is 68.3 Å². The van der Waals surface area contributed by atoms with Gasteiger partial charge in [0.1, 0.15) is 10.8 Å². The van der Waals surface area contributed by atoms with Gasteiger partial charge in [0.2, 0.25) is 11.8 Å². The highest BCUT2D eigenvalue weighted by atomic mass is 35.5. The molecule has 2 aromatic heterocycles. The number of rotatable bonds is 7. The minimum atomic E-state index is -2.65. The fourth-order valence-corrected chi connectivity index (χ4v) is 5.44. The average molecular weight is 495 g/mol. The fourth-order valence-electron chi connectivity index (χ4n) is 3.47. The summed E-state index contributed by atoms with van der Waals surface area (Å²) in [5.41, 5.74) is -0.204. The lowest BCUT2D eigenvalue weighted by Gasteiger charge is -2.39. The summed E-state index contributed by atoms with van der Waals surface area (Å²) in [4.78, 5) is 31.4. The van der Waals surface area contributed by atoms with Crippen LogP contribution in [0.4, 0.5) is 8.78 Å². The molecule has 1 N–H and O–H groups in total. The fraction of sp³-hybridized carbons (Fsp3) is 0.227. The van der Waals surface area contributed by atoms with E-state index in [1.54, 1.807) is 42.5 Å². The monoisotopic (exact) mass is 494 g/mol. The predicted molar refractivity (Wildman–Crippen MR) is 120 cm³/mol. The predicted octanol–water partition coefficient (Wildman–Crippen LogP) is 4.93. The van der Waals surface area contributed by atoms with Crippen LogP contribution >= 0.6 is 34.7 Å². The van der Waals surface area contributed by atoms with E-state index in [2.05, 4.69) is 10.3 Å². The van der Waals surface area contributed by atoms with Crippen LogP contribution in [0.25, 0.3) is 0 Å². The van der Waals surface area contributed by atoms with Gasteiger partial charge in [-0.1, -0.05) is 29.8 Å². The van der Waals surface area contributed by atoms with Crippen molar-refractivity contribution in [1.82, 2.24) is 10.3 Å². The maximum atomic E-state index is 13.2. The van der Waals surface area contributed by atoms with Crippen LogP contribution in [0.5, 0.6) is 5.88 Å². The number of piperidine rings is 1. The van der Waals surface area contributed by atoms with Crippen molar-refractivity contribution in [1.29, 1.82) is 0 Å². The van der Waals surface area contributed by atoms with Crippen molar-refractivity contribution >= 4 is 46.4 Å². The maximum Gasteiger partial charge on any atom is 0.272 e. The normalized spacial score (nSPS) is 20.9. The summed E-state index contributed by atoms with van der Waals surface area (Å²) in [6, 6.07) is 13.5. The molecule has 1 saturated heterocycles. The molecular weight excluding hydrogens is 478 g/mol. The number of Topliss-reactive ketones (excluding diaryl/α,β-unsaturated/α-hetero) is 1. The van der Waals surface area contributed by atoms with Crippen LogP contribution in [0.2, 0.25) is 5.02 Å². The number of hydrogen-bond acceptors (Lipinski definition) is 6. The zero-order valence-corrected chi connectivity index (χ0v) is 18.9. The Balaban J connectivity index is 1.67. The first kappa shape index (κ1) is 22.7. The number of nitrogens with zero attached hydrogens (tertiary/aromatic N) is 1. The molecule has 3 aromatic rings. The van der Waals surface area contributed by atoms with E-state index in [9.17, 15) is 18.4 Å². The first-order chi connectivity index (χ1) is 15.4. The first-order valence-corrected chi connectivity index (χ1v) is 11.8. The summed E-state index contributed by atoms with van der Waals surface area (Å²) in [6.45, 7) is -0.802. The molecule has 0 bridgehead atoms. The number of benzene rings is 1. The van der Waals surface area contributed by atoms with Gasteiger partial charge >= 0.3 is 0 Å². The second-order valence-electron chi connectivity index (χ2n) is 7.04. The summed E-state index contributed by atoms with van der Waals surface area (Å²) in [5, 5.41) is 6.11. The number of amides is 1. The molecule has 1 aliphatic heterocycles. The van der Waals surface area contributed by atoms with Crippen molar-refractivity contribution in [2.24, 2.45) is 0 Å². The van der Waals surface area contributed by atoms with Gasteiger partial charge in [0.05, 0.1) is 10.7 Å². The number of hydrogen-bond donors (Lipinski definition) is 1. The maximum absolute atomic E-state index is 13.2. The molecule has 10 heteroatoms. The molecule has 1 amide bonds. The van der Waals surface area contributed by atoms with E-state index in [0.29, 0.717) is 21.2 Å². The van der Waals surface area contributed by atoms with Gasteiger partial charge in [0.25, 0.3) is 6.43 Å². The third-order valence-electron chi connectivity index (χ3n) is 4.92. The molecule has 166 valence electrons. The van der Waals surface area contributed by atoms with Crippen LogP contribution < -0.4 is 10.1 Å². The number of halogens is 3. The molecule has 0 spiro atoms. The number of alkyl halides is 2. The Bertz CT molecular complexity index is 1110. The Hall–Kier alpha value is -2.49. The van der Waals surface area contributed by atoms with E-state index in [0.717, 1.165) is 11.8 Å². The van der Waals surface area contributed by atoms with Crippen molar-refractivity contribution in [2.75, 3.05) is 6.61 Å². The number of ketones is 1. The Morgan fingerprint density at radius 2 is 2.03 bits per heavy atom. The van der Waals surface area contributed by atoms with E-state index in [1.807, 2.05) is 10.8 Å². The lowest BCUT2D eigenvalue weighted by Crippen LogP contribution is -2.58. The number of aromatic nitrogens is 1.